The van der Waals surface area contributed by atoms with Crippen molar-refractivity contribution in [3.8, 4) is 11.1 Å². The van der Waals surface area contributed by atoms with E-state index in [0.29, 0.717) is 0 Å². The number of benzene rings is 10. The normalized spacial score (nSPS) is 12.4. The SMILES string of the molecule is C(=Cc1ccc2ccc3cccc4ccc1c2c34)c1ccc(-c2ccc(C=Cc3ccc4ccc5cccc6ccc3c4c56)cc2)cc1. The Balaban J connectivity index is 0.901. The van der Waals surface area contributed by atoms with E-state index in [1.54, 1.807) is 0 Å². The van der Waals surface area contributed by atoms with Gasteiger partial charge in [0.25, 0.3) is 0 Å². The first-order valence-corrected chi connectivity index (χ1v) is 16.7. The smallest absolute Gasteiger partial charge is 0.00208 e. The first kappa shape index (κ1) is 26.9. The van der Waals surface area contributed by atoms with E-state index >= 15 is 0 Å². The fourth-order valence-electron chi connectivity index (χ4n) is 7.75. The van der Waals surface area contributed by atoms with Crippen molar-refractivity contribution < 1.29 is 0 Å². The van der Waals surface area contributed by atoms with Crippen molar-refractivity contribution in [2.45, 2.75) is 0 Å². The zero-order chi connectivity index (χ0) is 31.6. The topological polar surface area (TPSA) is 0 Å². The lowest BCUT2D eigenvalue weighted by atomic mass is 9.91. The fourth-order valence-corrected chi connectivity index (χ4v) is 7.75. The zero-order valence-corrected chi connectivity index (χ0v) is 26.3. The molecule has 0 aliphatic carbocycles. The molecule has 0 aliphatic rings. The van der Waals surface area contributed by atoms with Crippen molar-refractivity contribution in [1.29, 1.82) is 0 Å². The monoisotopic (exact) mass is 606 g/mol. The van der Waals surface area contributed by atoms with Gasteiger partial charge < -0.3 is 0 Å². The van der Waals surface area contributed by atoms with Gasteiger partial charge in [-0.15, -0.1) is 0 Å². The van der Waals surface area contributed by atoms with E-state index in [-0.39, 0.29) is 0 Å². The van der Waals surface area contributed by atoms with Crippen LogP contribution in [0.25, 0.3) is 100 Å². The highest BCUT2D eigenvalue weighted by atomic mass is 14.1. The minimum atomic E-state index is 1.19. The summed E-state index contributed by atoms with van der Waals surface area (Å²) in [6.07, 6.45) is 8.96. The van der Waals surface area contributed by atoms with Gasteiger partial charge in [0.15, 0.2) is 0 Å². The molecule has 0 aliphatic heterocycles. The summed E-state index contributed by atoms with van der Waals surface area (Å²) in [6, 6.07) is 57.9. The molecule has 0 unspecified atom stereocenters. The molecule has 0 saturated heterocycles. The molecule has 222 valence electrons. The average Bonchev–Trinajstić information content (AvgIpc) is 3.15. The maximum Gasteiger partial charge on any atom is -0.00208 e. The summed E-state index contributed by atoms with van der Waals surface area (Å²) in [5.74, 6) is 0. The third-order valence-electron chi connectivity index (χ3n) is 10.2. The highest BCUT2D eigenvalue weighted by Gasteiger charge is 2.11. The van der Waals surface area contributed by atoms with Crippen LogP contribution in [-0.4, -0.2) is 0 Å². The Morgan fingerprint density at radius 2 is 0.583 bits per heavy atom. The van der Waals surface area contributed by atoms with Crippen LogP contribution in [0.3, 0.4) is 0 Å². The van der Waals surface area contributed by atoms with Gasteiger partial charge >= 0.3 is 0 Å². The van der Waals surface area contributed by atoms with Crippen LogP contribution in [-0.2, 0) is 0 Å². The predicted octanol–water partition coefficient (Wildman–Crippen LogP) is 13.5. The van der Waals surface area contributed by atoms with Crippen molar-refractivity contribution in [2.24, 2.45) is 0 Å². The summed E-state index contributed by atoms with van der Waals surface area (Å²) < 4.78 is 0. The summed E-state index contributed by atoms with van der Waals surface area (Å²) in [4.78, 5) is 0. The molecule has 0 heteroatoms. The van der Waals surface area contributed by atoms with Gasteiger partial charge in [-0.05, 0) is 98.0 Å². The molecule has 0 heterocycles. The van der Waals surface area contributed by atoms with Crippen LogP contribution in [0.5, 0.6) is 0 Å². The first-order chi connectivity index (χ1) is 23.8. The van der Waals surface area contributed by atoms with Crippen LogP contribution in [0.1, 0.15) is 22.3 Å². The van der Waals surface area contributed by atoms with Crippen LogP contribution >= 0.6 is 0 Å². The average molecular weight is 607 g/mol. The maximum absolute atomic E-state index is 2.28. The number of hydrogen-bond donors (Lipinski definition) is 0. The molecule has 0 N–H and O–H groups in total. The largest absolute Gasteiger partial charge is 0.0610 e. The molecule has 0 spiro atoms. The molecule has 0 aromatic heterocycles. The molecule has 48 heavy (non-hydrogen) atoms. The van der Waals surface area contributed by atoms with Gasteiger partial charge in [-0.1, -0.05) is 182 Å². The second kappa shape index (κ2) is 10.7. The van der Waals surface area contributed by atoms with Crippen molar-refractivity contribution in [2.75, 3.05) is 0 Å². The van der Waals surface area contributed by atoms with E-state index in [9.17, 15) is 0 Å². The molecular formula is C48H30. The minimum absolute atomic E-state index is 1.19. The Morgan fingerprint density at radius 1 is 0.250 bits per heavy atom. The van der Waals surface area contributed by atoms with E-state index in [0.717, 1.165) is 0 Å². The van der Waals surface area contributed by atoms with E-state index in [1.807, 2.05) is 0 Å². The summed E-state index contributed by atoms with van der Waals surface area (Å²) in [7, 11) is 0. The summed E-state index contributed by atoms with van der Waals surface area (Å²) in [6.45, 7) is 0. The van der Waals surface area contributed by atoms with Crippen LogP contribution in [0.15, 0.2) is 158 Å². The predicted molar refractivity (Wildman–Crippen MR) is 210 cm³/mol. The lowest BCUT2D eigenvalue weighted by Crippen LogP contribution is -1.86. The van der Waals surface area contributed by atoms with Gasteiger partial charge in [-0.2, -0.15) is 0 Å². The first-order valence-electron chi connectivity index (χ1n) is 16.7. The molecule has 10 rings (SSSR count). The van der Waals surface area contributed by atoms with Gasteiger partial charge in [-0.3, -0.25) is 0 Å². The Kier molecular flexibility index (Phi) is 5.98. The second-order valence-electron chi connectivity index (χ2n) is 12.9. The third-order valence-corrected chi connectivity index (χ3v) is 10.2. The lowest BCUT2D eigenvalue weighted by Gasteiger charge is -2.12. The fraction of sp³-hybridized carbons (Fsp3) is 0. The Bertz CT molecular complexity index is 2620. The summed E-state index contributed by atoms with van der Waals surface area (Å²) in [5, 5.41) is 15.8. The molecular weight excluding hydrogens is 577 g/mol. The molecule has 0 saturated carbocycles. The number of rotatable bonds is 5. The van der Waals surface area contributed by atoms with Crippen molar-refractivity contribution >= 4 is 88.9 Å². The third kappa shape index (κ3) is 4.31. The molecule has 0 amide bonds. The number of hydrogen-bond acceptors (Lipinski definition) is 0. The molecule has 0 bridgehead atoms. The van der Waals surface area contributed by atoms with Gasteiger partial charge in [0.2, 0.25) is 0 Å². The van der Waals surface area contributed by atoms with Crippen LogP contribution in [0.2, 0.25) is 0 Å². The van der Waals surface area contributed by atoms with Crippen LogP contribution in [0, 0.1) is 0 Å². The van der Waals surface area contributed by atoms with E-state index in [1.165, 1.54) is 98.0 Å². The van der Waals surface area contributed by atoms with Crippen molar-refractivity contribution in [1.82, 2.24) is 0 Å². The van der Waals surface area contributed by atoms with Gasteiger partial charge in [0, 0.05) is 0 Å². The highest BCUT2D eigenvalue weighted by Crippen LogP contribution is 2.38. The minimum Gasteiger partial charge on any atom is -0.0610 e. The lowest BCUT2D eigenvalue weighted by molar-refractivity contribution is 1.59. The Hall–Kier alpha value is -6.24. The van der Waals surface area contributed by atoms with Gasteiger partial charge in [0.05, 0.1) is 0 Å². The van der Waals surface area contributed by atoms with E-state index in [4.69, 9.17) is 0 Å². The second-order valence-corrected chi connectivity index (χ2v) is 12.9. The summed E-state index contributed by atoms with van der Waals surface area (Å²) in [5.41, 5.74) is 7.31. The quantitative estimate of drug-likeness (QED) is 0.135. The van der Waals surface area contributed by atoms with E-state index < -0.39 is 0 Å². The van der Waals surface area contributed by atoms with Crippen LogP contribution < -0.4 is 0 Å². The van der Waals surface area contributed by atoms with Gasteiger partial charge in [0.1, 0.15) is 0 Å². The van der Waals surface area contributed by atoms with E-state index in [2.05, 4.69) is 182 Å². The molecule has 0 nitrogen and oxygen atoms in total. The van der Waals surface area contributed by atoms with Crippen molar-refractivity contribution in [3.05, 3.63) is 180 Å². The maximum atomic E-state index is 2.28. The molecule has 0 atom stereocenters. The highest BCUT2D eigenvalue weighted by molar-refractivity contribution is 6.25. The molecule has 10 aromatic rings. The van der Waals surface area contributed by atoms with Gasteiger partial charge in [-0.25, -0.2) is 0 Å². The summed E-state index contributed by atoms with van der Waals surface area (Å²) >= 11 is 0. The Labute approximate surface area is 279 Å². The van der Waals surface area contributed by atoms with Crippen molar-refractivity contribution in [3.63, 3.8) is 0 Å². The Morgan fingerprint density at radius 3 is 0.979 bits per heavy atom. The molecule has 0 radical (unpaired) electrons. The zero-order valence-electron chi connectivity index (χ0n) is 26.3. The standard InChI is InChI=1S/C48H30/c1-3-37-23-25-41-21-19-35(43-29-27-39(5-1)45(37)47(41)43)17-11-31-7-13-33(14-8-31)34-15-9-32(10-16-34)12-18-36-20-22-42-26-24-38-4-2-6-40-28-30-44(36)48(42)46(38)40/h1-30H. The molecule has 0 fully saturated rings. The van der Waals surface area contributed by atoms with Crippen LogP contribution in [0.4, 0.5) is 0 Å². The molecule has 10 aromatic carbocycles.